The highest BCUT2D eigenvalue weighted by Gasteiger charge is 2.27. The number of rotatable bonds is 3. The van der Waals surface area contributed by atoms with Gasteiger partial charge in [-0.2, -0.15) is 0 Å². The Labute approximate surface area is 109 Å². The zero-order valence-electron chi connectivity index (χ0n) is 10.5. The Morgan fingerprint density at radius 2 is 2.12 bits per heavy atom. The molecular weight excluding hydrogens is 230 g/mol. The summed E-state index contributed by atoms with van der Waals surface area (Å²) in [6.45, 7) is 2.29. The van der Waals surface area contributed by atoms with Gasteiger partial charge in [0.15, 0.2) is 0 Å². The molecule has 1 aliphatic carbocycles. The van der Waals surface area contributed by atoms with Gasteiger partial charge < -0.3 is 5.73 Å². The van der Waals surface area contributed by atoms with E-state index < -0.39 is 0 Å². The Kier molecular flexibility index (Phi) is 4.47. The van der Waals surface area contributed by atoms with Crippen molar-refractivity contribution < 1.29 is 0 Å². The molecule has 3 atom stereocenters. The van der Waals surface area contributed by atoms with E-state index in [0.29, 0.717) is 5.92 Å². The van der Waals surface area contributed by atoms with Crippen LogP contribution in [0.5, 0.6) is 0 Å². The molecular formula is C15H22ClN. The van der Waals surface area contributed by atoms with Gasteiger partial charge in [-0.25, -0.2) is 0 Å². The molecule has 0 saturated heterocycles. The van der Waals surface area contributed by atoms with E-state index in [9.17, 15) is 0 Å². The highest BCUT2D eigenvalue weighted by Crippen LogP contribution is 2.38. The molecule has 0 radical (unpaired) electrons. The predicted molar refractivity (Wildman–Crippen MR) is 74.1 cm³/mol. The Morgan fingerprint density at radius 3 is 2.82 bits per heavy atom. The van der Waals surface area contributed by atoms with Crippen LogP contribution in [-0.4, -0.2) is 0 Å². The first-order valence-corrected chi connectivity index (χ1v) is 7.10. The van der Waals surface area contributed by atoms with E-state index in [1.807, 2.05) is 18.2 Å². The maximum absolute atomic E-state index is 6.40. The summed E-state index contributed by atoms with van der Waals surface area (Å²) in [7, 11) is 0. The molecule has 2 heteroatoms. The fourth-order valence-electron chi connectivity index (χ4n) is 3.03. The topological polar surface area (TPSA) is 26.0 Å². The minimum atomic E-state index is 0.109. The standard InChI is InChI=1S/C15H22ClN/c1-2-11-6-5-7-12(10-11)15(17)13-8-3-4-9-14(13)16/h3-4,8-9,11-12,15H,2,5-7,10,17H2,1H3. The summed E-state index contributed by atoms with van der Waals surface area (Å²) in [6.07, 6.45) is 6.50. The molecule has 0 aliphatic heterocycles. The molecule has 1 nitrogen and oxygen atoms in total. The number of halogens is 1. The number of nitrogens with two attached hydrogens (primary N) is 1. The first-order chi connectivity index (χ1) is 8.22. The van der Waals surface area contributed by atoms with Crippen molar-refractivity contribution in [1.29, 1.82) is 0 Å². The zero-order valence-corrected chi connectivity index (χ0v) is 11.3. The molecule has 1 fully saturated rings. The molecule has 1 aromatic carbocycles. The first-order valence-electron chi connectivity index (χ1n) is 6.72. The van der Waals surface area contributed by atoms with E-state index in [1.165, 1.54) is 32.1 Å². The third kappa shape index (κ3) is 3.02. The Hall–Kier alpha value is -0.530. The van der Waals surface area contributed by atoms with Crippen molar-refractivity contribution in [1.82, 2.24) is 0 Å². The average Bonchev–Trinajstić information content (AvgIpc) is 2.38. The molecule has 0 heterocycles. The minimum Gasteiger partial charge on any atom is -0.324 e. The fraction of sp³-hybridized carbons (Fsp3) is 0.600. The predicted octanol–water partition coefficient (Wildman–Crippen LogP) is 4.56. The van der Waals surface area contributed by atoms with Gasteiger partial charge in [-0.05, 0) is 36.3 Å². The molecule has 3 unspecified atom stereocenters. The second kappa shape index (κ2) is 5.88. The van der Waals surface area contributed by atoms with Crippen molar-refractivity contribution in [3.8, 4) is 0 Å². The molecule has 0 amide bonds. The monoisotopic (exact) mass is 251 g/mol. The van der Waals surface area contributed by atoms with Gasteiger partial charge in [0.2, 0.25) is 0 Å². The molecule has 2 N–H and O–H groups in total. The first kappa shape index (κ1) is 12.9. The minimum absolute atomic E-state index is 0.109. The summed E-state index contributed by atoms with van der Waals surface area (Å²) in [5, 5.41) is 0.818. The highest BCUT2D eigenvalue weighted by atomic mass is 35.5. The van der Waals surface area contributed by atoms with Crippen molar-refractivity contribution in [2.45, 2.75) is 45.1 Å². The third-order valence-electron chi connectivity index (χ3n) is 4.17. The van der Waals surface area contributed by atoms with Gasteiger partial charge in [-0.3, -0.25) is 0 Å². The number of hydrogen-bond acceptors (Lipinski definition) is 1. The molecule has 0 bridgehead atoms. The van der Waals surface area contributed by atoms with Crippen LogP contribution in [0.2, 0.25) is 5.02 Å². The van der Waals surface area contributed by atoms with Crippen molar-refractivity contribution in [3.63, 3.8) is 0 Å². The largest absolute Gasteiger partial charge is 0.324 e. The van der Waals surface area contributed by atoms with Gasteiger partial charge in [0.1, 0.15) is 0 Å². The molecule has 1 aliphatic rings. The van der Waals surface area contributed by atoms with Crippen LogP contribution in [0.4, 0.5) is 0 Å². The average molecular weight is 252 g/mol. The number of benzene rings is 1. The smallest absolute Gasteiger partial charge is 0.0453 e. The van der Waals surface area contributed by atoms with Crippen LogP contribution in [0.25, 0.3) is 0 Å². The van der Waals surface area contributed by atoms with Gasteiger partial charge in [0.25, 0.3) is 0 Å². The van der Waals surface area contributed by atoms with Crippen LogP contribution >= 0.6 is 11.6 Å². The quantitative estimate of drug-likeness (QED) is 0.838. The summed E-state index contributed by atoms with van der Waals surface area (Å²) in [5.74, 6) is 1.47. The second-order valence-electron chi connectivity index (χ2n) is 5.25. The van der Waals surface area contributed by atoms with Gasteiger partial charge in [-0.15, -0.1) is 0 Å². The third-order valence-corrected chi connectivity index (χ3v) is 4.52. The molecule has 1 saturated carbocycles. The van der Waals surface area contributed by atoms with Crippen LogP contribution in [0.3, 0.4) is 0 Å². The molecule has 0 spiro atoms. The molecule has 94 valence electrons. The Morgan fingerprint density at radius 1 is 1.35 bits per heavy atom. The highest BCUT2D eigenvalue weighted by molar-refractivity contribution is 6.31. The summed E-state index contributed by atoms with van der Waals surface area (Å²) < 4.78 is 0. The lowest BCUT2D eigenvalue weighted by Crippen LogP contribution is -2.27. The van der Waals surface area contributed by atoms with Gasteiger partial charge in [0, 0.05) is 11.1 Å². The van der Waals surface area contributed by atoms with E-state index in [4.69, 9.17) is 17.3 Å². The van der Waals surface area contributed by atoms with Crippen LogP contribution in [0.1, 0.15) is 50.6 Å². The SMILES string of the molecule is CCC1CCCC(C(N)c2ccccc2Cl)C1. The summed E-state index contributed by atoms with van der Waals surface area (Å²) in [4.78, 5) is 0. The van der Waals surface area contributed by atoms with Crippen LogP contribution < -0.4 is 5.73 Å². The van der Waals surface area contributed by atoms with E-state index in [-0.39, 0.29) is 6.04 Å². The second-order valence-corrected chi connectivity index (χ2v) is 5.66. The van der Waals surface area contributed by atoms with Gasteiger partial charge in [-0.1, -0.05) is 56.0 Å². The van der Waals surface area contributed by atoms with Crippen LogP contribution in [0.15, 0.2) is 24.3 Å². The van der Waals surface area contributed by atoms with Gasteiger partial charge >= 0.3 is 0 Å². The van der Waals surface area contributed by atoms with Crippen LogP contribution in [-0.2, 0) is 0 Å². The molecule has 1 aromatic rings. The van der Waals surface area contributed by atoms with Crippen LogP contribution in [0, 0.1) is 11.8 Å². The van der Waals surface area contributed by atoms with Crippen molar-refractivity contribution in [2.24, 2.45) is 17.6 Å². The van der Waals surface area contributed by atoms with E-state index in [1.54, 1.807) is 0 Å². The van der Waals surface area contributed by atoms with Gasteiger partial charge in [0.05, 0.1) is 0 Å². The summed E-state index contributed by atoms with van der Waals surface area (Å²) in [5.41, 5.74) is 7.52. The Bertz CT molecular complexity index is 364. The van der Waals surface area contributed by atoms with E-state index in [0.717, 1.165) is 16.5 Å². The van der Waals surface area contributed by atoms with E-state index in [2.05, 4.69) is 13.0 Å². The molecule has 2 rings (SSSR count). The number of hydrogen-bond donors (Lipinski definition) is 1. The van der Waals surface area contributed by atoms with Crippen molar-refractivity contribution in [2.75, 3.05) is 0 Å². The lowest BCUT2D eigenvalue weighted by atomic mass is 9.75. The van der Waals surface area contributed by atoms with Crippen molar-refractivity contribution in [3.05, 3.63) is 34.9 Å². The fourth-order valence-corrected chi connectivity index (χ4v) is 3.29. The normalized spacial score (nSPS) is 26.8. The Balaban J connectivity index is 2.09. The maximum atomic E-state index is 6.40. The summed E-state index contributed by atoms with van der Waals surface area (Å²) in [6, 6.07) is 8.12. The zero-order chi connectivity index (χ0) is 12.3. The summed E-state index contributed by atoms with van der Waals surface area (Å²) >= 11 is 6.23. The molecule has 17 heavy (non-hydrogen) atoms. The molecule has 0 aromatic heterocycles. The lowest BCUT2D eigenvalue weighted by Gasteiger charge is -2.33. The maximum Gasteiger partial charge on any atom is 0.0453 e. The lowest BCUT2D eigenvalue weighted by molar-refractivity contribution is 0.230. The van der Waals surface area contributed by atoms with E-state index >= 15 is 0 Å². The van der Waals surface area contributed by atoms with Crippen molar-refractivity contribution >= 4 is 11.6 Å².